The molecule has 1 N–H and O–H groups in total. The van der Waals surface area contributed by atoms with Gasteiger partial charge < -0.3 is 15.0 Å². The summed E-state index contributed by atoms with van der Waals surface area (Å²) >= 11 is 6.11. The maximum absolute atomic E-state index is 12.4. The standard InChI is InChI=1S/C20H23ClN2O3/c1-13-8-9-18(21)19(10-13)26-14(2)20(25)22-17-7-5-6-16(11-17)12-23(4)15(3)24/h5-11,14H,12H2,1-4H3,(H,22,25). The highest BCUT2D eigenvalue weighted by atomic mass is 35.5. The van der Waals surface area contributed by atoms with Crippen LogP contribution in [0.1, 0.15) is 25.0 Å². The molecule has 0 bridgehead atoms. The molecule has 2 rings (SSSR count). The van der Waals surface area contributed by atoms with E-state index in [4.69, 9.17) is 16.3 Å². The quantitative estimate of drug-likeness (QED) is 0.830. The zero-order chi connectivity index (χ0) is 19.3. The Morgan fingerprint density at radius 1 is 1.23 bits per heavy atom. The van der Waals surface area contributed by atoms with E-state index in [-0.39, 0.29) is 11.8 Å². The monoisotopic (exact) mass is 374 g/mol. The highest BCUT2D eigenvalue weighted by Crippen LogP contribution is 2.26. The molecule has 5 nitrogen and oxygen atoms in total. The van der Waals surface area contributed by atoms with Crippen LogP contribution in [-0.4, -0.2) is 29.9 Å². The maximum Gasteiger partial charge on any atom is 0.265 e. The van der Waals surface area contributed by atoms with Crippen molar-refractivity contribution in [2.45, 2.75) is 33.4 Å². The summed E-state index contributed by atoms with van der Waals surface area (Å²) in [6, 6.07) is 12.8. The molecule has 0 spiro atoms. The molecule has 2 aromatic rings. The molecule has 0 aliphatic rings. The number of hydrogen-bond acceptors (Lipinski definition) is 3. The third kappa shape index (κ3) is 5.49. The molecule has 0 aliphatic heterocycles. The second-order valence-corrected chi connectivity index (χ2v) is 6.67. The van der Waals surface area contributed by atoms with Gasteiger partial charge in [0.2, 0.25) is 5.91 Å². The lowest BCUT2D eigenvalue weighted by Gasteiger charge is -2.17. The van der Waals surface area contributed by atoms with E-state index in [0.29, 0.717) is 23.0 Å². The first-order chi connectivity index (χ1) is 12.3. The lowest BCUT2D eigenvalue weighted by Crippen LogP contribution is -2.30. The van der Waals surface area contributed by atoms with Crippen molar-refractivity contribution in [1.29, 1.82) is 0 Å². The number of ether oxygens (including phenoxy) is 1. The van der Waals surface area contributed by atoms with Gasteiger partial charge in [0.1, 0.15) is 5.75 Å². The molecular formula is C20H23ClN2O3. The number of aryl methyl sites for hydroxylation is 1. The first kappa shape index (κ1) is 19.8. The van der Waals surface area contributed by atoms with E-state index in [1.165, 1.54) is 6.92 Å². The molecule has 0 saturated heterocycles. The summed E-state index contributed by atoms with van der Waals surface area (Å²) in [6.45, 7) is 5.59. The predicted molar refractivity (Wildman–Crippen MR) is 103 cm³/mol. The smallest absolute Gasteiger partial charge is 0.265 e. The molecule has 0 radical (unpaired) electrons. The number of amides is 2. The second-order valence-electron chi connectivity index (χ2n) is 6.26. The Kier molecular flexibility index (Phi) is 6.64. The van der Waals surface area contributed by atoms with Gasteiger partial charge in [0.05, 0.1) is 5.02 Å². The Hall–Kier alpha value is -2.53. The van der Waals surface area contributed by atoms with Crippen molar-refractivity contribution in [1.82, 2.24) is 4.90 Å². The molecule has 6 heteroatoms. The number of nitrogens with zero attached hydrogens (tertiary/aromatic N) is 1. The number of rotatable bonds is 6. The van der Waals surface area contributed by atoms with Crippen LogP contribution in [-0.2, 0) is 16.1 Å². The molecular weight excluding hydrogens is 352 g/mol. The SMILES string of the molecule is CC(=O)N(C)Cc1cccc(NC(=O)C(C)Oc2cc(C)ccc2Cl)c1. The zero-order valence-electron chi connectivity index (χ0n) is 15.4. The van der Waals surface area contributed by atoms with Crippen molar-refractivity contribution in [2.24, 2.45) is 0 Å². The number of halogens is 1. The Bertz CT molecular complexity index is 807. The van der Waals surface area contributed by atoms with Crippen LogP contribution in [0.5, 0.6) is 5.75 Å². The van der Waals surface area contributed by atoms with Crippen LogP contribution in [0, 0.1) is 6.92 Å². The summed E-state index contributed by atoms with van der Waals surface area (Å²) < 4.78 is 5.69. The Morgan fingerprint density at radius 2 is 1.96 bits per heavy atom. The first-order valence-electron chi connectivity index (χ1n) is 8.30. The summed E-state index contributed by atoms with van der Waals surface area (Å²) in [4.78, 5) is 25.4. The summed E-state index contributed by atoms with van der Waals surface area (Å²) in [7, 11) is 1.73. The minimum atomic E-state index is -0.710. The molecule has 2 aromatic carbocycles. The van der Waals surface area contributed by atoms with E-state index in [9.17, 15) is 9.59 Å². The molecule has 1 unspecified atom stereocenters. The molecule has 26 heavy (non-hydrogen) atoms. The van der Waals surface area contributed by atoms with Gasteiger partial charge in [-0.25, -0.2) is 0 Å². The van der Waals surface area contributed by atoms with Gasteiger partial charge in [-0.05, 0) is 49.2 Å². The normalized spacial score (nSPS) is 11.6. The van der Waals surface area contributed by atoms with Gasteiger partial charge in [-0.15, -0.1) is 0 Å². The molecule has 2 amide bonds. The number of nitrogens with one attached hydrogen (secondary N) is 1. The molecule has 0 aliphatic carbocycles. The number of benzene rings is 2. The van der Waals surface area contributed by atoms with Crippen molar-refractivity contribution in [2.75, 3.05) is 12.4 Å². The van der Waals surface area contributed by atoms with Crippen LogP contribution < -0.4 is 10.1 Å². The average Bonchev–Trinajstić information content (AvgIpc) is 2.58. The predicted octanol–water partition coefficient (Wildman–Crippen LogP) is 4.03. The van der Waals surface area contributed by atoms with Crippen LogP contribution in [0.3, 0.4) is 0 Å². The second kappa shape index (κ2) is 8.72. The van der Waals surface area contributed by atoms with Crippen molar-refractivity contribution < 1.29 is 14.3 Å². The van der Waals surface area contributed by atoms with Gasteiger partial charge >= 0.3 is 0 Å². The van der Waals surface area contributed by atoms with Crippen molar-refractivity contribution in [3.05, 3.63) is 58.6 Å². The van der Waals surface area contributed by atoms with E-state index < -0.39 is 6.10 Å². The van der Waals surface area contributed by atoms with E-state index in [1.807, 2.05) is 31.2 Å². The Balaban J connectivity index is 2.02. The van der Waals surface area contributed by atoms with Gasteiger partial charge in [-0.3, -0.25) is 9.59 Å². The molecule has 0 aromatic heterocycles. The summed E-state index contributed by atoms with van der Waals surface area (Å²) in [5.41, 5.74) is 2.57. The fraction of sp³-hybridized carbons (Fsp3) is 0.300. The van der Waals surface area contributed by atoms with Gasteiger partial charge in [0, 0.05) is 26.2 Å². The number of carbonyl (C=O) groups excluding carboxylic acids is 2. The first-order valence-corrected chi connectivity index (χ1v) is 8.68. The van der Waals surface area contributed by atoms with Crippen LogP contribution in [0.15, 0.2) is 42.5 Å². The fourth-order valence-electron chi connectivity index (χ4n) is 2.32. The Morgan fingerprint density at radius 3 is 2.65 bits per heavy atom. The number of hydrogen-bond donors (Lipinski definition) is 1. The van der Waals surface area contributed by atoms with Gasteiger partial charge in [-0.2, -0.15) is 0 Å². The summed E-state index contributed by atoms with van der Waals surface area (Å²) in [5, 5.41) is 3.29. The zero-order valence-corrected chi connectivity index (χ0v) is 16.1. The highest BCUT2D eigenvalue weighted by Gasteiger charge is 2.17. The van der Waals surface area contributed by atoms with E-state index in [0.717, 1.165) is 11.1 Å². The van der Waals surface area contributed by atoms with Gasteiger partial charge in [0.15, 0.2) is 6.10 Å². The topological polar surface area (TPSA) is 58.6 Å². The fourth-order valence-corrected chi connectivity index (χ4v) is 2.48. The lowest BCUT2D eigenvalue weighted by molar-refractivity contribution is -0.128. The number of anilines is 1. The van der Waals surface area contributed by atoms with Crippen molar-refractivity contribution in [3.8, 4) is 5.75 Å². The van der Waals surface area contributed by atoms with Crippen molar-refractivity contribution >= 4 is 29.1 Å². The van der Waals surface area contributed by atoms with Gasteiger partial charge in [-0.1, -0.05) is 29.8 Å². The number of carbonyl (C=O) groups is 2. The van der Waals surface area contributed by atoms with E-state index in [2.05, 4.69) is 5.32 Å². The molecule has 0 saturated carbocycles. The molecule has 1 atom stereocenters. The minimum absolute atomic E-state index is 0.0171. The Labute approximate surface area is 158 Å². The molecule has 138 valence electrons. The largest absolute Gasteiger partial charge is 0.479 e. The van der Waals surface area contributed by atoms with Crippen molar-refractivity contribution in [3.63, 3.8) is 0 Å². The third-order valence-corrected chi connectivity index (χ3v) is 4.22. The van der Waals surface area contributed by atoms with E-state index in [1.54, 1.807) is 37.1 Å². The highest BCUT2D eigenvalue weighted by molar-refractivity contribution is 6.32. The maximum atomic E-state index is 12.4. The molecule has 0 heterocycles. The van der Waals surface area contributed by atoms with Crippen LogP contribution >= 0.6 is 11.6 Å². The van der Waals surface area contributed by atoms with Crippen LogP contribution in [0.25, 0.3) is 0 Å². The molecule has 0 fully saturated rings. The van der Waals surface area contributed by atoms with Crippen LogP contribution in [0.2, 0.25) is 5.02 Å². The van der Waals surface area contributed by atoms with Crippen LogP contribution in [0.4, 0.5) is 5.69 Å². The summed E-state index contributed by atoms with van der Waals surface area (Å²) in [6.07, 6.45) is -0.710. The third-order valence-electron chi connectivity index (χ3n) is 3.91. The average molecular weight is 375 g/mol. The lowest BCUT2D eigenvalue weighted by atomic mass is 10.2. The van der Waals surface area contributed by atoms with Gasteiger partial charge in [0.25, 0.3) is 5.91 Å². The van der Waals surface area contributed by atoms with E-state index >= 15 is 0 Å². The summed E-state index contributed by atoms with van der Waals surface area (Å²) in [5.74, 6) is 0.183. The minimum Gasteiger partial charge on any atom is -0.479 e.